The molecule has 8 heteroatoms. The molecule has 0 radical (unpaired) electrons. The van der Waals surface area contributed by atoms with E-state index in [1.165, 1.54) is 5.56 Å². The summed E-state index contributed by atoms with van der Waals surface area (Å²) in [6, 6.07) is 10.0. The number of nitriles is 1. The second kappa shape index (κ2) is 7.86. The van der Waals surface area contributed by atoms with Crippen LogP contribution in [0.15, 0.2) is 36.7 Å². The van der Waals surface area contributed by atoms with Gasteiger partial charge >= 0.3 is 0 Å². The number of nitrogens with zero attached hydrogens (tertiary/aromatic N) is 5. The maximum atomic E-state index is 9.94. The predicted molar refractivity (Wildman–Crippen MR) is 123 cm³/mol. The Bertz CT molecular complexity index is 1240. The number of rotatable bonds is 4. The first-order valence-corrected chi connectivity index (χ1v) is 10.7. The van der Waals surface area contributed by atoms with E-state index < -0.39 is 5.41 Å². The van der Waals surface area contributed by atoms with Crippen molar-refractivity contribution < 1.29 is 5.11 Å². The lowest BCUT2D eigenvalue weighted by molar-refractivity contribution is 0.219. The Balaban J connectivity index is 1.47. The van der Waals surface area contributed by atoms with Gasteiger partial charge in [0.05, 0.1) is 35.4 Å². The molecule has 1 aromatic carbocycles. The van der Waals surface area contributed by atoms with Crippen molar-refractivity contribution in [2.24, 2.45) is 0 Å². The van der Waals surface area contributed by atoms with Crippen LogP contribution in [0, 0.1) is 11.3 Å². The summed E-state index contributed by atoms with van der Waals surface area (Å²) in [5, 5.41) is 26.2. The van der Waals surface area contributed by atoms with Crippen LogP contribution in [0.2, 0.25) is 0 Å². The van der Waals surface area contributed by atoms with E-state index in [-0.39, 0.29) is 6.61 Å². The quantitative estimate of drug-likeness (QED) is 0.583. The van der Waals surface area contributed by atoms with E-state index in [1.807, 2.05) is 31.3 Å². The molecule has 0 aliphatic carbocycles. The monoisotopic (exact) mass is 427 g/mol. The molecule has 2 aliphatic rings. The van der Waals surface area contributed by atoms with Crippen molar-refractivity contribution in [3.05, 3.63) is 59.0 Å². The lowest BCUT2D eigenvalue weighted by atomic mass is 9.83. The Morgan fingerprint density at radius 1 is 1.31 bits per heavy atom. The molecule has 8 nitrogen and oxygen atoms in total. The lowest BCUT2D eigenvalue weighted by Gasteiger charge is -2.24. The average Bonchev–Trinajstić information content (AvgIpc) is 3.15. The van der Waals surface area contributed by atoms with E-state index in [9.17, 15) is 10.4 Å². The number of aliphatic hydroxyl groups is 1. The minimum Gasteiger partial charge on any atom is -0.395 e. The van der Waals surface area contributed by atoms with Crippen molar-refractivity contribution in [3.63, 3.8) is 0 Å². The maximum absolute atomic E-state index is 9.94. The highest BCUT2D eigenvalue weighted by molar-refractivity contribution is 5.76. The van der Waals surface area contributed by atoms with Crippen LogP contribution < -0.4 is 10.6 Å². The van der Waals surface area contributed by atoms with E-state index in [0.29, 0.717) is 23.8 Å². The van der Waals surface area contributed by atoms with Crippen LogP contribution in [-0.2, 0) is 18.4 Å². The van der Waals surface area contributed by atoms with Crippen molar-refractivity contribution >= 4 is 17.3 Å². The first kappa shape index (κ1) is 20.4. The zero-order valence-electron chi connectivity index (χ0n) is 18.2. The molecule has 2 aromatic heterocycles. The average molecular weight is 428 g/mol. The summed E-state index contributed by atoms with van der Waals surface area (Å²) >= 11 is 0. The molecule has 5 rings (SSSR count). The van der Waals surface area contributed by atoms with Gasteiger partial charge in [0.25, 0.3) is 0 Å². The van der Waals surface area contributed by atoms with Gasteiger partial charge < -0.3 is 20.6 Å². The molecule has 0 amide bonds. The zero-order chi connectivity index (χ0) is 22.3. The Morgan fingerprint density at radius 3 is 3.00 bits per heavy atom. The van der Waals surface area contributed by atoms with Crippen LogP contribution in [0.4, 0.5) is 17.3 Å². The highest BCUT2D eigenvalue weighted by Crippen LogP contribution is 2.41. The van der Waals surface area contributed by atoms with Crippen LogP contribution >= 0.6 is 0 Å². The van der Waals surface area contributed by atoms with Crippen LogP contribution in [0.25, 0.3) is 11.3 Å². The summed E-state index contributed by atoms with van der Waals surface area (Å²) in [5.74, 6) is 0.468. The van der Waals surface area contributed by atoms with E-state index >= 15 is 0 Å². The maximum Gasteiger partial charge on any atom is 0.227 e. The summed E-state index contributed by atoms with van der Waals surface area (Å²) in [6.07, 6.45) is 4.48. The third kappa shape index (κ3) is 3.55. The summed E-state index contributed by atoms with van der Waals surface area (Å²) < 4.78 is 0. The van der Waals surface area contributed by atoms with Gasteiger partial charge in [0.15, 0.2) is 0 Å². The largest absolute Gasteiger partial charge is 0.395 e. The molecule has 32 heavy (non-hydrogen) atoms. The Kier molecular flexibility index (Phi) is 5.00. The molecule has 1 atom stereocenters. The summed E-state index contributed by atoms with van der Waals surface area (Å²) in [6.45, 7) is 4.48. The number of likely N-dealkylation sites (N-methyl/N-ethyl adjacent to an activating group) is 1. The second-order valence-electron chi connectivity index (χ2n) is 8.84. The number of hydrogen-bond donors (Lipinski definition) is 3. The van der Waals surface area contributed by atoms with Crippen LogP contribution in [-0.4, -0.2) is 51.7 Å². The van der Waals surface area contributed by atoms with Gasteiger partial charge in [-0.15, -0.1) is 0 Å². The molecule has 162 valence electrons. The fourth-order valence-corrected chi connectivity index (χ4v) is 4.41. The number of benzene rings is 1. The van der Waals surface area contributed by atoms with E-state index in [4.69, 9.17) is 0 Å². The summed E-state index contributed by atoms with van der Waals surface area (Å²) in [7, 11) is 2.11. The molecule has 0 unspecified atom stereocenters. The normalized spacial score (nSPS) is 19.6. The molecular formula is C24H25N7O. The van der Waals surface area contributed by atoms with E-state index in [1.54, 1.807) is 6.20 Å². The fraction of sp³-hybridized carbons (Fsp3) is 0.333. The molecule has 2 aliphatic heterocycles. The van der Waals surface area contributed by atoms with Gasteiger partial charge in [0.2, 0.25) is 5.95 Å². The van der Waals surface area contributed by atoms with Crippen LogP contribution in [0.3, 0.4) is 0 Å². The molecule has 3 N–H and O–H groups in total. The molecule has 0 spiro atoms. The van der Waals surface area contributed by atoms with Crippen LogP contribution in [0.1, 0.15) is 29.3 Å². The third-order valence-corrected chi connectivity index (χ3v) is 6.35. The summed E-state index contributed by atoms with van der Waals surface area (Å²) in [4.78, 5) is 15.9. The van der Waals surface area contributed by atoms with Gasteiger partial charge in [-0.2, -0.15) is 5.26 Å². The SMILES string of the molecule is CN1CCc2ncc(Nc3nccc(-c4cc(C#N)c5c(c4)[C@@](C)(CO)CN5)n3)cc2C1. The molecule has 4 heterocycles. The molecule has 0 fully saturated rings. The van der Waals surface area contributed by atoms with Gasteiger partial charge in [0, 0.05) is 48.9 Å². The topological polar surface area (TPSA) is 110 Å². The highest BCUT2D eigenvalue weighted by atomic mass is 16.3. The first-order valence-electron chi connectivity index (χ1n) is 10.7. The second-order valence-corrected chi connectivity index (χ2v) is 8.84. The molecule has 3 aromatic rings. The minimum absolute atomic E-state index is 0.00157. The number of hydrogen-bond acceptors (Lipinski definition) is 8. The number of fused-ring (bicyclic) bond motifs is 2. The minimum atomic E-state index is -0.437. The van der Waals surface area contributed by atoms with Crippen molar-refractivity contribution in [3.8, 4) is 17.3 Å². The molecule has 0 saturated heterocycles. The van der Waals surface area contributed by atoms with Gasteiger partial charge in [-0.05, 0) is 42.4 Å². The number of pyridine rings is 1. The Hall–Kier alpha value is -3.54. The van der Waals surface area contributed by atoms with Crippen LogP contribution in [0.5, 0.6) is 0 Å². The molecule has 0 saturated carbocycles. The van der Waals surface area contributed by atoms with E-state index in [0.717, 1.165) is 47.7 Å². The number of aliphatic hydroxyl groups excluding tert-OH is 1. The van der Waals surface area contributed by atoms with Crippen molar-refractivity contribution in [2.75, 3.05) is 37.4 Å². The zero-order valence-corrected chi connectivity index (χ0v) is 18.2. The molecular weight excluding hydrogens is 402 g/mol. The highest BCUT2D eigenvalue weighted by Gasteiger charge is 2.36. The fourth-order valence-electron chi connectivity index (χ4n) is 4.41. The number of aromatic nitrogens is 3. The summed E-state index contributed by atoms with van der Waals surface area (Å²) in [5.41, 5.74) is 6.58. The number of anilines is 3. The van der Waals surface area contributed by atoms with Gasteiger partial charge in [-0.25, -0.2) is 9.97 Å². The van der Waals surface area contributed by atoms with Gasteiger partial charge in [-0.3, -0.25) is 4.98 Å². The van der Waals surface area contributed by atoms with Crippen molar-refractivity contribution in [1.29, 1.82) is 5.26 Å². The standard InChI is InChI=1S/C24H25N7O/c1-24(14-32)13-28-22-16(10-25)7-15(9-19(22)24)21-3-5-26-23(30-21)29-18-8-17-12-31(2)6-4-20(17)27-11-18/h3,5,7-9,11,28,32H,4,6,12-14H2,1-2H3,(H,26,29,30)/t24-/m1/s1. The number of nitrogens with one attached hydrogen (secondary N) is 2. The Labute approximate surface area is 187 Å². The van der Waals surface area contributed by atoms with Crippen molar-refractivity contribution in [2.45, 2.75) is 25.3 Å². The smallest absolute Gasteiger partial charge is 0.227 e. The predicted octanol–water partition coefficient (Wildman–Crippen LogP) is 2.82. The van der Waals surface area contributed by atoms with Crippen molar-refractivity contribution in [1.82, 2.24) is 19.9 Å². The van der Waals surface area contributed by atoms with Gasteiger partial charge in [-0.1, -0.05) is 6.92 Å². The Morgan fingerprint density at radius 2 is 2.19 bits per heavy atom. The van der Waals surface area contributed by atoms with Gasteiger partial charge in [0.1, 0.15) is 6.07 Å². The molecule has 0 bridgehead atoms. The van der Waals surface area contributed by atoms with E-state index in [2.05, 4.69) is 49.7 Å². The third-order valence-electron chi connectivity index (χ3n) is 6.35. The lowest BCUT2D eigenvalue weighted by Crippen LogP contribution is -2.28. The first-order chi connectivity index (χ1) is 15.5.